The molecule has 0 bridgehead atoms. The van der Waals surface area contributed by atoms with E-state index in [2.05, 4.69) is 13.0 Å². The Bertz CT molecular complexity index is 312. The maximum absolute atomic E-state index is 9.97. The monoisotopic (exact) mass is 258 g/mol. The molecule has 0 fully saturated rings. The molecule has 0 spiro atoms. The first-order valence-electron chi connectivity index (χ1n) is 5.76. The largest absolute Gasteiger partial charge is 0.385 e. The highest BCUT2D eigenvalue weighted by molar-refractivity contribution is 7.98. The molecule has 1 aliphatic rings. The minimum Gasteiger partial charge on any atom is -0.385 e. The van der Waals surface area contributed by atoms with Crippen molar-refractivity contribution in [3.63, 3.8) is 0 Å². The van der Waals surface area contributed by atoms with E-state index in [0.717, 1.165) is 30.1 Å². The van der Waals surface area contributed by atoms with Gasteiger partial charge in [0, 0.05) is 22.1 Å². The van der Waals surface area contributed by atoms with Crippen LogP contribution in [0.5, 0.6) is 0 Å². The zero-order chi connectivity index (χ0) is 11.4. The van der Waals surface area contributed by atoms with Gasteiger partial charge in [-0.25, -0.2) is 0 Å². The van der Waals surface area contributed by atoms with Crippen molar-refractivity contribution in [2.45, 2.75) is 31.6 Å². The number of thiophene rings is 1. The lowest BCUT2D eigenvalue weighted by atomic mass is 10.2. The molecule has 1 aromatic heterocycles. The fraction of sp³-hybridized carbons (Fsp3) is 0.667. The first kappa shape index (κ1) is 12.4. The van der Waals surface area contributed by atoms with E-state index in [1.54, 1.807) is 11.3 Å². The summed E-state index contributed by atoms with van der Waals surface area (Å²) in [4.78, 5) is 2.53. The number of aryl methyl sites for hydroxylation is 1. The molecule has 90 valence electrons. The molecular formula is C12H18O2S2. The normalized spacial score (nSPS) is 17.1. The Balaban J connectivity index is 1.95. The molecule has 0 saturated heterocycles. The Morgan fingerprint density at radius 1 is 1.56 bits per heavy atom. The van der Waals surface area contributed by atoms with Gasteiger partial charge in [-0.3, -0.25) is 0 Å². The molecule has 1 aliphatic heterocycles. The molecule has 0 aromatic carbocycles. The number of hydrogen-bond donors (Lipinski definition) is 1. The molecule has 16 heavy (non-hydrogen) atoms. The Labute approximate surface area is 105 Å². The van der Waals surface area contributed by atoms with Crippen LogP contribution in [0.25, 0.3) is 0 Å². The predicted octanol–water partition coefficient (Wildman–Crippen LogP) is 3.00. The molecule has 0 radical (unpaired) electrons. The Morgan fingerprint density at radius 2 is 2.44 bits per heavy atom. The van der Waals surface area contributed by atoms with Gasteiger partial charge < -0.3 is 9.84 Å². The average Bonchev–Trinajstić information content (AvgIpc) is 2.73. The van der Waals surface area contributed by atoms with E-state index in [9.17, 15) is 5.11 Å². The predicted molar refractivity (Wildman–Crippen MR) is 70.3 cm³/mol. The van der Waals surface area contributed by atoms with E-state index >= 15 is 0 Å². The molecule has 1 unspecified atom stereocenters. The summed E-state index contributed by atoms with van der Waals surface area (Å²) >= 11 is 3.74. The molecule has 0 amide bonds. The quantitative estimate of drug-likeness (QED) is 0.823. The van der Waals surface area contributed by atoms with Crippen LogP contribution >= 0.6 is 23.1 Å². The van der Waals surface area contributed by atoms with Crippen molar-refractivity contribution in [2.75, 3.05) is 19.0 Å². The van der Waals surface area contributed by atoms with E-state index in [-0.39, 0.29) is 0 Å². The minimum absolute atomic E-state index is 0.431. The van der Waals surface area contributed by atoms with Crippen molar-refractivity contribution in [3.05, 3.63) is 21.4 Å². The van der Waals surface area contributed by atoms with E-state index in [1.165, 1.54) is 16.2 Å². The summed E-state index contributed by atoms with van der Waals surface area (Å²) in [7, 11) is 0. The van der Waals surface area contributed by atoms with Gasteiger partial charge in [-0.15, -0.1) is 11.3 Å². The Hall–Kier alpha value is -0.0300. The van der Waals surface area contributed by atoms with Crippen LogP contribution in [0.1, 0.15) is 34.8 Å². The summed E-state index contributed by atoms with van der Waals surface area (Å²) in [5.74, 6) is 2.32. The third kappa shape index (κ3) is 3.00. The highest BCUT2D eigenvalue weighted by atomic mass is 32.2. The molecule has 2 rings (SSSR count). The van der Waals surface area contributed by atoms with Gasteiger partial charge in [-0.1, -0.05) is 6.92 Å². The molecule has 1 N–H and O–H groups in total. The molecule has 1 atom stereocenters. The van der Waals surface area contributed by atoms with Crippen molar-refractivity contribution in [1.82, 2.24) is 0 Å². The van der Waals surface area contributed by atoms with Gasteiger partial charge in [0.15, 0.2) is 0 Å². The molecule has 0 aliphatic carbocycles. The Kier molecular flexibility index (Phi) is 4.70. The van der Waals surface area contributed by atoms with Crippen molar-refractivity contribution < 1.29 is 9.84 Å². The summed E-state index contributed by atoms with van der Waals surface area (Å²) in [5, 5.41) is 9.97. The fourth-order valence-corrected chi connectivity index (χ4v) is 4.10. The number of thioether (sulfide) groups is 1. The molecule has 0 saturated carbocycles. The summed E-state index contributed by atoms with van der Waals surface area (Å²) in [6.07, 6.45) is 1.73. The smallest absolute Gasteiger partial charge is 0.111 e. The number of ether oxygens (including phenoxy) is 1. The Morgan fingerprint density at radius 3 is 3.19 bits per heavy atom. The van der Waals surface area contributed by atoms with E-state index in [0.29, 0.717) is 6.61 Å². The molecule has 1 aromatic rings. The van der Waals surface area contributed by atoms with Gasteiger partial charge in [-0.05, 0) is 30.2 Å². The number of aliphatic hydroxyl groups is 1. The lowest BCUT2D eigenvalue weighted by molar-refractivity contribution is 0.0381. The minimum atomic E-state index is -0.438. The van der Waals surface area contributed by atoms with Crippen molar-refractivity contribution in [2.24, 2.45) is 0 Å². The molecular weight excluding hydrogens is 240 g/mol. The SMILES string of the molecule is CCCOCC(O)c1cc2c(s1)CCSC2. The number of aliphatic hydroxyl groups excluding tert-OH is 1. The third-order valence-corrected chi connectivity index (χ3v) is 4.95. The highest BCUT2D eigenvalue weighted by Crippen LogP contribution is 2.34. The summed E-state index contributed by atoms with van der Waals surface area (Å²) in [6, 6.07) is 2.16. The maximum Gasteiger partial charge on any atom is 0.111 e. The number of fused-ring (bicyclic) bond motifs is 1. The van der Waals surface area contributed by atoms with Crippen molar-refractivity contribution in [1.29, 1.82) is 0 Å². The van der Waals surface area contributed by atoms with E-state index in [4.69, 9.17) is 4.74 Å². The second kappa shape index (κ2) is 6.05. The molecule has 4 heteroatoms. The molecule has 2 heterocycles. The van der Waals surface area contributed by atoms with Gasteiger partial charge in [0.05, 0.1) is 6.61 Å². The third-order valence-electron chi connectivity index (χ3n) is 2.60. The van der Waals surface area contributed by atoms with Gasteiger partial charge in [0.1, 0.15) is 6.10 Å². The number of rotatable bonds is 5. The second-order valence-corrected chi connectivity index (χ2v) is 6.26. The average molecular weight is 258 g/mol. The summed E-state index contributed by atoms with van der Waals surface area (Å²) < 4.78 is 5.38. The van der Waals surface area contributed by atoms with Crippen LogP contribution in [-0.4, -0.2) is 24.1 Å². The zero-order valence-electron chi connectivity index (χ0n) is 9.57. The topological polar surface area (TPSA) is 29.5 Å². The van der Waals surface area contributed by atoms with E-state index in [1.807, 2.05) is 11.8 Å². The van der Waals surface area contributed by atoms with Crippen LogP contribution < -0.4 is 0 Å². The van der Waals surface area contributed by atoms with Crippen LogP contribution in [0.15, 0.2) is 6.07 Å². The van der Waals surface area contributed by atoms with Gasteiger partial charge in [-0.2, -0.15) is 11.8 Å². The van der Waals surface area contributed by atoms with Crippen molar-refractivity contribution >= 4 is 23.1 Å². The first-order valence-corrected chi connectivity index (χ1v) is 7.73. The lowest BCUT2D eigenvalue weighted by Gasteiger charge is -2.08. The highest BCUT2D eigenvalue weighted by Gasteiger charge is 2.17. The van der Waals surface area contributed by atoms with Crippen LogP contribution in [0.2, 0.25) is 0 Å². The molecule has 2 nitrogen and oxygen atoms in total. The first-order chi connectivity index (χ1) is 7.81. The van der Waals surface area contributed by atoms with Crippen LogP contribution in [0.3, 0.4) is 0 Å². The number of hydrogen-bond acceptors (Lipinski definition) is 4. The fourth-order valence-electron chi connectivity index (χ4n) is 1.76. The lowest BCUT2D eigenvalue weighted by Crippen LogP contribution is -2.06. The van der Waals surface area contributed by atoms with Crippen LogP contribution in [0.4, 0.5) is 0 Å². The second-order valence-electron chi connectivity index (χ2n) is 3.99. The standard InChI is InChI=1S/C12H18O2S2/c1-2-4-14-7-10(13)12-6-9-8-15-5-3-11(9)16-12/h6,10,13H,2-5,7-8H2,1H3. The van der Waals surface area contributed by atoms with Crippen molar-refractivity contribution in [3.8, 4) is 0 Å². The zero-order valence-corrected chi connectivity index (χ0v) is 11.2. The maximum atomic E-state index is 9.97. The summed E-state index contributed by atoms with van der Waals surface area (Å²) in [5.41, 5.74) is 1.42. The van der Waals surface area contributed by atoms with Gasteiger partial charge in [0.2, 0.25) is 0 Å². The van der Waals surface area contributed by atoms with Crippen LogP contribution in [-0.2, 0) is 16.9 Å². The summed E-state index contributed by atoms with van der Waals surface area (Å²) in [6.45, 7) is 3.24. The van der Waals surface area contributed by atoms with Crippen LogP contribution in [0, 0.1) is 0 Å². The van der Waals surface area contributed by atoms with Gasteiger partial charge >= 0.3 is 0 Å². The van der Waals surface area contributed by atoms with Gasteiger partial charge in [0.25, 0.3) is 0 Å². The van der Waals surface area contributed by atoms with E-state index < -0.39 is 6.10 Å².